The molecule has 1 aromatic rings. The lowest BCUT2D eigenvalue weighted by atomic mass is 9.85. The van der Waals surface area contributed by atoms with Crippen LogP contribution < -0.4 is 20.3 Å². The molecule has 3 fully saturated rings. The third-order valence-corrected chi connectivity index (χ3v) is 6.24. The van der Waals surface area contributed by atoms with Crippen molar-refractivity contribution in [2.75, 3.05) is 23.9 Å². The van der Waals surface area contributed by atoms with Crippen molar-refractivity contribution in [3.8, 4) is 5.75 Å². The summed E-state index contributed by atoms with van der Waals surface area (Å²) in [6.45, 7) is 0.695. The van der Waals surface area contributed by atoms with Crippen molar-refractivity contribution in [3.63, 3.8) is 0 Å². The predicted octanol–water partition coefficient (Wildman–Crippen LogP) is 3.49. The molecule has 2 N–H and O–H groups in total. The fourth-order valence-electron chi connectivity index (χ4n) is 4.79. The second-order valence-electron chi connectivity index (χ2n) is 7.98. The number of carbonyl (C=O) groups excluding carboxylic acids is 2. The van der Waals surface area contributed by atoms with E-state index >= 15 is 0 Å². The number of halogens is 1. The second-order valence-corrected chi connectivity index (χ2v) is 7.98. The zero-order chi connectivity index (χ0) is 18.8. The fraction of sp³-hybridized carbons (Fsp3) is 0.619. The average molecular weight is 408 g/mol. The number of piperidine rings is 1. The minimum atomic E-state index is -0.125. The van der Waals surface area contributed by atoms with Crippen LogP contribution in [-0.4, -0.2) is 37.6 Å². The van der Waals surface area contributed by atoms with Gasteiger partial charge in [-0.15, -0.1) is 12.4 Å². The lowest BCUT2D eigenvalue weighted by Crippen LogP contribution is -2.40. The summed E-state index contributed by atoms with van der Waals surface area (Å²) in [6.07, 6.45) is 8.35. The van der Waals surface area contributed by atoms with Crippen molar-refractivity contribution in [1.29, 1.82) is 0 Å². The molecule has 0 radical (unpaired) electrons. The Bertz CT molecular complexity index is 713. The van der Waals surface area contributed by atoms with E-state index in [1.807, 2.05) is 18.2 Å². The molecule has 2 saturated heterocycles. The number of nitrogens with one attached hydrogen (secondary N) is 2. The Labute approximate surface area is 172 Å². The van der Waals surface area contributed by atoms with Crippen LogP contribution in [0.5, 0.6) is 5.75 Å². The normalized spacial score (nSPS) is 27.0. The van der Waals surface area contributed by atoms with Gasteiger partial charge >= 0.3 is 0 Å². The van der Waals surface area contributed by atoms with Gasteiger partial charge in [-0.05, 0) is 56.2 Å². The summed E-state index contributed by atoms with van der Waals surface area (Å²) >= 11 is 0. The molecule has 1 aromatic carbocycles. The average Bonchev–Trinajstić information content (AvgIpc) is 3.13. The van der Waals surface area contributed by atoms with Gasteiger partial charge in [0.05, 0.1) is 18.8 Å². The lowest BCUT2D eigenvalue weighted by Gasteiger charge is -2.28. The highest BCUT2D eigenvalue weighted by molar-refractivity contribution is 5.99. The standard InChI is InChI=1S/C21H29N3O3.ClH/c1-27-19-10-9-15(13-18(19)24-11-5-4-8-20(24)25)22-21(26)17-12-14-6-2-3-7-16(14)23-17;/h9-10,13-14,16-17,23H,2-8,11-12H2,1H3,(H,22,26);1H. The third kappa shape index (κ3) is 4.28. The summed E-state index contributed by atoms with van der Waals surface area (Å²) in [5, 5.41) is 6.56. The summed E-state index contributed by atoms with van der Waals surface area (Å²) < 4.78 is 5.45. The van der Waals surface area contributed by atoms with Crippen molar-refractivity contribution in [2.45, 2.75) is 63.5 Å². The first kappa shape index (κ1) is 20.9. The van der Waals surface area contributed by atoms with Crippen LogP contribution in [0.2, 0.25) is 0 Å². The molecule has 3 aliphatic rings. The van der Waals surface area contributed by atoms with Gasteiger partial charge in [-0.2, -0.15) is 0 Å². The quantitative estimate of drug-likeness (QED) is 0.801. The van der Waals surface area contributed by atoms with E-state index in [-0.39, 0.29) is 30.3 Å². The summed E-state index contributed by atoms with van der Waals surface area (Å²) in [7, 11) is 1.61. The van der Waals surface area contributed by atoms with Crippen LogP contribution >= 0.6 is 12.4 Å². The summed E-state index contributed by atoms with van der Waals surface area (Å²) in [5.41, 5.74) is 1.46. The molecule has 0 bridgehead atoms. The highest BCUT2D eigenvalue weighted by atomic mass is 35.5. The van der Waals surface area contributed by atoms with Crippen LogP contribution in [0.1, 0.15) is 51.4 Å². The highest BCUT2D eigenvalue weighted by Crippen LogP contribution is 2.35. The Morgan fingerprint density at radius 2 is 2.04 bits per heavy atom. The molecule has 3 unspecified atom stereocenters. The maximum absolute atomic E-state index is 12.8. The van der Waals surface area contributed by atoms with Gasteiger partial charge in [0, 0.05) is 24.7 Å². The molecule has 2 amide bonds. The van der Waals surface area contributed by atoms with Gasteiger partial charge in [0.2, 0.25) is 11.8 Å². The molecule has 0 spiro atoms. The predicted molar refractivity (Wildman–Crippen MR) is 112 cm³/mol. The fourth-order valence-corrected chi connectivity index (χ4v) is 4.79. The van der Waals surface area contributed by atoms with Gasteiger partial charge in [0.15, 0.2) is 0 Å². The molecule has 4 rings (SSSR count). The van der Waals surface area contributed by atoms with Crippen LogP contribution in [0.25, 0.3) is 0 Å². The van der Waals surface area contributed by atoms with Gasteiger partial charge in [0.25, 0.3) is 0 Å². The number of anilines is 2. The van der Waals surface area contributed by atoms with Crippen LogP contribution in [0.4, 0.5) is 11.4 Å². The smallest absolute Gasteiger partial charge is 0.241 e. The second kappa shape index (κ2) is 9.14. The number of hydrogen-bond donors (Lipinski definition) is 2. The highest BCUT2D eigenvalue weighted by Gasteiger charge is 2.38. The van der Waals surface area contributed by atoms with Crippen molar-refractivity contribution >= 4 is 35.6 Å². The van der Waals surface area contributed by atoms with E-state index in [1.165, 1.54) is 25.7 Å². The first-order valence-corrected chi connectivity index (χ1v) is 10.2. The SMILES string of the molecule is COc1ccc(NC(=O)C2CC3CCCCC3N2)cc1N1CCCCC1=O.Cl. The van der Waals surface area contributed by atoms with Crippen LogP contribution in [-0.2, 0) is 9.59 Å². The van der Waals surface area contributed by atoms with E-state index in [9.17, 15) is 9.59 Å². The zero-order valence-corrected chi connectivity index (χ0v) is 17.2. The number of ether oxygens (including phenoxy) is 1. The number of benzene rings is 1. The molecule has 0 aromatic heterocycles. The number of carbonyl (C=O) groups is 2. The van der Waals surface area contributed by atoms with Crippen molar-refractivity contribution in [2.24, 2.45) is 5.92 Å². The van der Waals surface area contributed by atoms with E-state index < -0.39 is 0 Å². The lowest BCUT2D eigenvalue weighted by molar-refractivity contribution is -0.119. The number of amides is 2. The molecular weight excluding hydrogens is 378 g/mol. The number of nitrogens with zero attached hydrogens (tertiary/aromatic N) is 1. The third-order valence-electron chi connectivity index (χ3n) is 6.24. The number of hydrogen-bond acceptors (Lipinski definition) is 4. The molecule has 3 atom stereocenters. The summed E-state index contributed by atoms with van der Waals surface area (Å²) in [6, 6.07) is 5.90. The number of rotatable bonds is 4. The van der Waals surface area contributed by atoms with Gasteiger partial charge in [-0.1, -0.05) is 12.8 Å². The van der Waals surface area contributed by atoms with Gasteiger partial charge in [0.1, 0.15) is 5.75 Å². The number of methoxy groups -OCH3 is 1. The Balaban J connectivity index is 0.00000225. The van der Waals surface area contributed by atoms with Crippen LogP contribution in [0, 0.1) is 5.92 Å². The van der Waals surface area contributed by atoms with Crippen molar-refractivity contribution < 1.29 is 14.3 Å². The molecule has 6 nitrogen and oxygen atoms in total. The zero-order valence-electron chi connectivity index (χ0n) is 16.4. The van der Waals surface area contributed by atoms with Crippen molar-refractivity contribution in [1.82, 2.24) is 5.32 Å². The molecule has 2 aliphatic heterocycles. The van der Waals surface area contributed by atoms with E-state index in [2.05, 4.69) is 10.6 Å². The maximum atomic E-state index is 12.8. The topological polar surface area (TPSA) is 70.7 Å². The molecular formula is C21H30ClN3O3. The molecule has 2 heterocycles. The van der Waals surface area contributed by atoms with E-state index in [1.54, 1.807) is 12.0 Å². The Hall–Kier alpha value is -1.79. The van der Waals surface area contributed by atoms with E-state index in [0.717, 1.165) is 24.9 Å². The Morgan fingerprint density at radius 1 is 1.21 bits per heavy atom. The molecule has 1 saturated carbocycles. The minimum Gasteiger partial charge on any atom is -0.495 e. The Morgan fingerprint density at radius 3 is 2.79 bits per heavy atom. The van der Waals surface area contributed by atoms with E-state index in [4.69, 9.17) is 4.74 Å². The summed E-state index contributed by atoms with van der Waals surface area (Å²) in [5.74, 6) is 1.43. The molecule has 28 heavy (non-hydrogen) atoms. The van der Waals surface area contributed by atoms with Crippen LogP contribution in [0.3, 0.4) is 0 Å². The van der Waals surface area contributed by atoms with Crippen LogP contribution in [0.15, 0.2) is 18.2 Å². The molecule has 7 heteroatoms. The summed E-state index contributed by atoms with van der Waals surface area (Å²) in [4.78, 5) is 26.9. The molecule has 154 valence electrons. The van der Waals surface area contributed by atoms with Gasteiger partial charge in [-0.3, -0.25) is 9.59 Å². The van der Waals surface area contributed by atoms with Crippen molar-refractivity contribution in [3.05, 3.63) is 18.2 Å². The first-order chi connectivity index (χ1) is 13.2. The minimum absolute atomic E-state index is 0. The van der Waals surface area contributed by atoms with E-state index in [0.29, 0.717) is 36.4 Å². The monoisotopic (exact) mass is 407 g/mol. The number of fused-ring (bicyclic) bond motifs is 1. The first-order valence-electron chi connectivity index (χ1n) is 10.2. The Kier molecular flexibility index (Phi) is 6.83. The maximum Gasteiger partial charge on any atom is 0.241 e. The largest absolute Gasteiger partial charge is 0.495 e. The van der Waals surface area contributed by atoms with Gasteiger partial charge in [-0.25, -0.2) is 0 Å². The molecule has 1 aliphatic carbocycles. The van der Waals surface area contributed by atoms with Gasteiger partial charge < -0.3 is 20.3 Å².